The summed E-state index contributed by atoms with van der Waals surface area (Å²) in [6, 6.07) is 9.34. The summed E-state index contributed by atoms with van der Waals surface area (Å²) in [4.78, 5) is 25.1. The van der Waals surface area contributed by atoms with Crippen LogP contribution in [0.4, 0.5) is 0 Å². The second-order valence-corrected chi connectivity index (χ2v) is 6.21. The highest BCUT2D eigenvalue weighted by molar-refractivity contribution is 7.13. The van der Waals surface area contributed by atoms with Gasteiger partial charge in [-0.15, -0.1) is 11.3 Å². The van der Waals surface area contributed by atoms with Crippen molar-refractivity contribution in [1.29, 1.82) is 0 Å². The number of aryl methyl sites for hydroxylation is 3. The molecule has 1 aromatic heterocycles. The third-order valence-electron chi connectivity index (χ3n) is 3.04. The molecular formula is C16H18N2O3S. The minimum atomic E-state index is -0.413. The zero-order valence-corrected chi connectivity index (χ0v) is 13.5. The van der Waals surface area contributed by atoms with Gasteiger partial charge in [-0.05, 0) is 44.0 Å². The molecule has 0 spiro atoms. The number of thiophene rings is 1. The van der Waals surface area contributed by atoms with Crippen molar-refractivity contribution < 1.29 is 14.3 Å². The smallest absolute Gasteiger partial charge is 0.279 e. The van der Waals surface area contributed by atoms with Gasteiger partial charge in [-0.2, -0.15) is 0 Å². The topological polar surface area (TPSA) is 67.4 Å². The minimum absolute atomic E-state index is 0.157. The fourth-order valence-electron chi connectivity index (χ4n) is 1.95. The molecule has 5 nitrogen and oxygen atoms in total. The number of carbonyl (C=O) groups is 2. The predicted octanol–water partition coefficient (Wildman–Crippen LogP) is 2.51. The summed E-state index contributed by atoms with van der Waals surface area (Å²) in [5.74, 6) is -0.0549. The molecular weight excluding hydrogens is 300 g/mol. The first-order valence-electron chi connectivity index (χ1n) is 6.82. The van der Waals surface area contributed by atoms with E-state index in [9.17, 15) is 9.59 Å². The molecule has 0 radical (unpaired) electrons. The fourth-order valence-corrected chi connectivity index (χ4v) is 2.71. The van der Waals surface area contributed by atoms with Gasteiger partial charge in [-0.3, -0.25) is 20.4 Å². The monoisotopic (exact) mass is 318 g/mol. The van der Waals surface area contributed by atoms with Crippen molar-refractivity contribution in [2.75, 3.05) is 6.61 Å². The lowest BCUT2D eigenvalue weighted by Crippen LogP contribution is -2.43. The van der Waals surface area contributed by atoms with E-state index >= 15 is 0 Å². The maximum atomic E-state index is 11.8. The Morgan fingerprint density at radius 2 is 1.73 bits per heavy atom. The number of hydrazine groups is 1. The van der Waals surface area contributed by atoms with Gasteiger partial charge in [0.05, 0.1) is 4.88 Å². The van der Waals surface area contributed by atoms with E-state index in [0.717, 1.165) is 16.0 Å². The quantitative estimate of drug-likeness (QED) is 0.851. The summed E-state index contributed by atoms with van der Waals surface area (Å²) < 4.78 is 5.51. The van der Waals surface area contributed by atoms with Gasteiger partial charge in [0.2, 0.25) is 0 Å². The summed E-state index contributed by atoms with van der Waals surface area (Å²) in [7, 11) is 0. The van der Waals surface area contributed by atoms with Crippen molar-refractivity contribution in [2.45, 2.75) is 20.8 Å². The Morgan fingerprint density at radius 1 is 1.05 bits per heavy atom. The largest absolute Gasteiger partial charge is 0.483 e. The lowest BCUT2D eigenvalue weighted by atomic mass is 10.1. The van der Waals surface area contributed by atoms with Crippen LogP contribution in [0.2, 0.25) is 0 Å². The molecule has 2 N–H and O–H groups in total. The number of para-hydroxylation sites is 1. The Morgan fingerprint density at radius 3 is 2.32 bits per heavy atom. The second-order valence-electron chi connectivity index (χ2n) is 4.92. The third-order valence-corrected chi connectivity index (χ3v) is 4.04. The molecule has 0 unspecified atom stereocenters. The van der Waals surface area contributed by atoms with Gasteiger partial charge < -0.3 is 4.74 Å². The highest BCUT2D eigenvalue weighted by Gasteiger charge is 2.10. The van der Waals surface area contributed by atoms with Crippen molar-refractivity contribution in [2.24, 2.45) is 0 Å². The van der Waals surface area contributed by atoms with Crippen LogP contribution in [0.25, 0.3) is 0 Å². The van der Waals surface area contributed by atoms with Gasteiger partial charge in [0.25, 0.3) is 11.8 Å². The van der Waals surface area contributed by atoms with E-state index in [0.29, 0.717) is 10.6 Å². The van der Waals surface area contributed by atoms with Crippen LogP contribution in [0.5, 0.6) is 5.75 Å². The Hall–Kier alpha value is -2.34. The summed E-state index contributed by atoms with van der Waals surface area (Å²) in [6.07, 6.45) is 0. The Bertz CT molecular complexity index is 674. The highest BCUT2D eigenvalue weighted by atomic mass is 32.1. The molecule has 0 aliphatic rings. The zero-order valence-electron chi connectivity index (χ0n) is 12.7. The van der Waals surface area contributed by atoms with Gasteiger partial charge in [0.1, 0.15) is 5.75 Å². The minimum Gasteiger partial charge on any atom is -0.483 e. The molecule has 0 aliphatic carbocycles. The molecule has 22 heavy (non-hydrogen) atoms. The van der Waals surface area contributed by atoms with Crippen LogP contribution in [0.1, 0.15) is 25.7 Å². The van der Waals surface area contributed by atoms with Crippen LogP contribution in [0.3, 0.4) is 0 Å². The molecule has 1 heterocycles. The maximum absolute atomic E-state index is 11.8. The molecule has 0 aliphatic heterocycles. The molecule has 0 atom stereocenters. The van der Waals surface area contributed by atoms with Crippen molar-refractivity contribution in [3.8, 4) is 5.75 Å². The number of hydrogen-bond acceptors (Lipinski definition) is 4. The van der Waals surface area contributed by atoms with E-state index in [-0.39, 0.29) is 12.5 Å². The summed E-state index contributed by atoms with van der Waals surface area (Å²) in [5.41, 5.74) is 6.64. The molecule has 0 saturated heterocycles. The predicted molar refractivity (Wildman–Crippen MR) is 86.1 cm³/mol. The number of nitrogens with one attached hydrogen (secondary N) is 2. The van der Waals surface area contributed by atoms with Crippen LogP contribution in [-0.4, -0.2) is 18.4 Å². The normalized spacial score (nSPS) is 10.1. The number of ether oxygens (including phenoxy) is 1. The van der Waals surface area contributed by atoms with E-state index in [2.05, 4.69) is 10.9 Å². The number of carbonyl (C=O) groups excluding carboxylic acids is 2. The highest BCUT2D eigenvalue weighted by Crippen LogP contribution is 2.22. The molecule has 116 valence electrons. The standard InChI is InChI=1S/C16H18N2O3S/c1-10-5-4-6-11(2)15(10)21-9-14(19)17-18-16(20)13-8-7-12(3)22-13/h4-8H,9H2,1-3H3,(H,17,19)(H,18,20). The first-order chi connectivity index (χ1) is 10.5. The van der Waals surface area contributed by atoms with Crippen LogP contribution in [0.15, 0.2) is 30.3 Å². The van der Waals surface area contributed by atoms with Crippen molar-refractivity contribution in [3.05, 3.63) is 51.2 Å². The molecule has 6 heteroatoms. The summed E-state index contributed by atoms with van der Waals surface area (Å²) in [5, 5.41) is 0. The number of benzene rings is 1. The van der Waals surface area contributed by atoms with Gasteiger partial charge >= 0.3 is 0 Å². The van der Waals surface area contributed by atoms with Crippen LogP contribution in [-0.2, 0) is 4.79 Å². The van der Waals surface area contributed by atoms with Crippen molar-refractivity contribution >= 4 is 23.2 Å². The molecule has 1 aromatic carbocycles. The number of amides is 2. The summed E-state index contributed by atoms with van der Waals surface area (Å²) in [6.45, 7) is 5.59. The van der Waals surface area contributed by atoms with Gasteiger partial charge in [-0.25, -0.2) is 0 Å². The zero-order chi connectivity index (χ0) is 16.1. The molecule has 2 amide bonds. The fraction of sp³-hybridized carbons (Fsp3) is 0.250. The van der Waals surface area contributed by atoms with E-state index < -0.39 is 5.91 Å². The maximum Gasteiger partial charge on any atom is 0.279 e. The van der Waals surface area contributed by atoms with Crippen molar-refractivity contribution in [1.82, 2.24) is 10.9 Å². The number of rotatable bonds is 4. The summed E-state index contributed by atoms with van der Waals surface area (Å²) >= 11 is 1.37. The lowest BCUT2D eigenvalue weighted by Gasteiger charge is -2.12. The van der Waals surface area contributed by atoms with E-state index in [1.807, 2.05) is 45.0 Å². The first kappa shape index (κ1) is 16.0. The average molecular weight is 318 g/mol. The van der Waals surface area contributed by atoms with Crippen molar-refractivity contribution in [3.63, 3.8) is 0 Å². The Kier molecular flexibility index (Phi) is 5.16. The molecule has 0 fully saturated rings. The SMILES string of the molecule is Cc1ccc(C(=O)NNC(=O)COc2c(C)cccc2C)s1. The van der Waals surface area contributed by atoms with E-state index in [1.165, 1.54) is 11.3 Å². The molecule has 2 rings (SSSR count). The first-order valence-corrected chi connectivity index (χ1v) is 7.63. The number of hydrogen-bond donors (Lipinski definition) is 2. The van der Waals surface area contributed by atoms with E-state index in [4.69, 9.17) is 4.74 Å². The van der Waals surface area contributed by atoms with Gasteiger partial charge in [0, 0.05) is 4.88 Å². The Balaban J connectivity index is 1.82. The molecule has 0 bridgehead atoms. The van der Waals surface area contributed by atoms with Gasteiger partial charge in [-0.1, -0.05) is 18.2 Å². The van der Waals surface area contributed by atoms with Gasteiger partial charge in [0.15, 0.2) is 6.61 Å². The molecule has 0 saturated carbocycles. The Labute approximate surface area is 133 Å². The second kappa shape index (κ2) is 7.09. The van der Waals surface area contributed by atoms with Crippen LogP contribution in [0, 0.1) is 20.8 Å². The molecule has 2 aromatic rings. The van der Waals surface area contributed by atoms with Crippen LogP contribution < -0.4 is 15.6 Å². The van der Waals surface area contributed by atoms with Crippen LogP contribution >= 0.6 is 11.3 Å². The van der Waals surface area contributed by atoms with E-state index in [1.54, 1.807) is 6.07 Å². The average Bonchev–Trinajstić information content (AvgIpc) is 2.91. The third kappa shape index (κ3) is 4.08. The lowest BCUT2D eigenvalue weighted by molar-refractivity contribution is -0.123.